The second-order valence-electron chi connectivity index (χ2n) is 6.23. The molecule has 112 valence electrons. The maximum Gasteiger partial charge on any atom is 0.123 e. The summed E-state index contributed by atoms with van der Waals surface area (Å²) in [5, 5.41) is 0. The average Bonchev–Trinajstić information content (AvgIpc) is 2.45. The summed E-state index contributed by atoms with van der Waals surface area (Å²) in [5.41, 5.74) is 6.80. The predicted octanol–water partition coefficient (Wildman–Crippen LogP) is 3.81. The highest BCUT2D eigenvalue weighted by Crippen LogP contribution is 2.34. The molecule has 0 bridgehead atoms. The minimum Gasteiger partial charge on any atom is -0.368 e. The summed E-state index contributed by atoms with van der Waals surface area (Å²) in [6.45, 7) is 6.37. The van der Waals surface area contributed by atoms with Crippen LogP contribution in [0.25, 0.3) is 0 Å². The smallest absolute Gasteiger partial charge is 0.123 e. The molecule has 20 heavy (non-hydrogen) atoms. The van der Waals surface area contributed by atoms with Crippen LogP contribution in [0.1, 0.15) is 39.5 Å². The number of halogens is 1. The van der Waals surface area contributed by atoms with E-state index in [2.05, 4.69) is 18.7 Å². The van der Waals surface area contributed by atoms with E-state index in [1.807, 2.05) is 12.1 Å². The van der Waals surface area contributed by atoms with E-state index in [4.69, 9.17) is 5.73 Å². The summed E-state index contributed by atoms with van der Waals surface area (Å²) >= 11 is 0. The summed E-state index contributed by atoms with van der Waals surface area (Å²) in [6, 6.07) is 7.47. The Balaban J connectivity index is 2.12. The first-order valence-electron chi connectivity index (χ1n) is 7.84. The molecule has 1 fully saturated rings. The second-order valence-corrected chi connectivity index (χ2v) is 6.23. The third-order valence-corrected chi connectivity index (χ3v) is 4.77. The molecule has 3 unspecified atom stereocenters. The van der Waals surface area contributed by atoms with Crippen LogP contribution in [0.4, 0.5) is 10.1 Å². The van der Waals surface area contributed by atoms with Crippen LogP contribution in [0.2, 0.25) is 0 Å². The number of anilines is 1. The number of hydrogen-bond acceptors (Lipinski definition) is 2. The van der Waals surface area contributed by atoms with E-state index >= 15 is 0 Å². The maximum atomic E-state index is 13.1. The lowest BCUT2D eigenvalue weighted by Gasteiger charge is -2.40. The number of hydrogen-bond donors (Lipinski definition) is 1. The van der Waals surface area contributed by atoms with Gasteiger partial charge in [0.05, 0.1) is 0 Å². The molecule has 1 aromatic carbocycles. The first-order chi connectivity index (χ1) is 9.61. The van der Waals surface area contributed by atoms with Crippen molar-refractivity contribution in [1.82, 2.24) is 0 Å². The van der Waals surface area contributed by atoms with Gasteiger partial charge in [0.1, 0.15) is 5.82 Å². The van der Waals surface area contributed by atoms with Crippen molar-refractivity contribution in [3.05, 3.63) is 30.1 Å². The van der Waals surface area contributed by atoms with Crippen LogP contribution in [0.5, 0.6) is 0 Å². The Morgan fingerprint density at radius 1 is 1.15 bits per heavy atom. The molecular weight excluding hydrogens is 251 g/mol. The normalized spacial score (nSPS) is 26.5. The summed E-state index contributed by atoms with van der Waals surface area (Å²) in [6.07, 6.45) is 4.72. The molecule has 1 aliphatic carbocycles. The molecule has 0 amide bonds. The van der Waals surface area contributed by atoms with Crippen LogP contribution in [-0.2, 0) is 0 Å². The van der Waals surface area contributed by atoms with Crippen molar-refractivity contribution in [2.24, 2.45) is 17.6 Å². The molecular formula is C17H27FN2. The second kappa shape index (κ2) is 7.07. The van der Waals surface area contributed by atoms with Gasteiger partial charge in [-0.25, -0.2) is 4.39 Å². The number of nitrogens with zero attached hydrogens (tertiary/aromatic N) is 1. The molecule has 0 radical (unpaired) electrons. The molecule has 1 aromatic rings. The van der Waals surface area contributed by atoms with E-state index < -0.39 is 0 Å². The molecule has 3 atom stereocenters. The Hall–Kier alpha value is -1.09. The zero-order valence-electron chi connectivity index (χ0n) is 12.7. The number of nitrogens with two attached hydrogens (primary N) is 1. The Labute approximate surface area is 122 Å². The lowest BCUT2D eigenvalue weighted by Crippen LogP contribution is -2.41. The van der Waals surface area contributed by atoms with Crippen molar-refractivity contribution < 1.29 is 4.39 Å². The van der Waals surface area contributed by atoms with Gasteiger partial charge in [-0.1, -0.05) is 13.8 Å². The Bertz CT molecular complexity index is 404. The fourth-order valence-electron chi connectivity index (χ4n) is 3.22. The lowest BCUT2D eigenvalue weighted by molar-refractivity contribution is 0.243. The van der Waals surface area contributed by atoms with Gasteiger partial charge in [0, 0.05) is 18.3 Å². The van der Waals surface area contributed by atoms with Crippen molar-refractivity contribution in [2.45, 2.75) is 45.6 Å². The molecule has 2 nitrogen and oxygen atoms in total. The molecule has 0 aromatic heterocycles. The molecule has 2 rings (SSSR count). The summed E-state index contributed by atoms with van der Waals surface area (Å²) in [5.74, 6) is 1.41. The van der Waals surface area contributed by atoms with E-state index in [1.165, 1.54) is 19.3 Å². The van der Waals surface area contributed by atoms with E-state index in [0.29, 0.717) is 12.6 Å². The quantitative estimate of drug-likeness (QED) is 0.887. The number of rotatable bonds is 5. The third-order valence-electron chi connectivity index (χ3n) is 4.77. The van der Waals surface area contributed by atoms with Gasteiger partial charge in [-0.2, -0.15) is 0 Å². The lowest BCUT2D eigenvalue weighted by atomic mass is 9.78. The predicted molar refractivity (Wildman–Crippen MR) is 83.4 cm³/mol. The van der Waals surface area contributed by atoms with E-state index in [-0.39, 0.29) is 5.82 Å². The molecule has 1 saturated carbocycles. The molecule has 0 spiro atoms. The topological polar surface area (TPSA) is 29.3 Å². The summed E-state index contributed by atoms with van der Waals surface area (Å²) in [7, 11) is 0. The minimum atomic E-state index is -0.168. The van der Waals surface area contributed by atoms with Gasteiger partial charge >= 0.3 is 0 Å². The number of benzene rings is 1. The van der Waals surface area contributed by atoms with Gasteiger partial charge in [-0.05, 0) is 68.3 Å². The zero-order chi connectivity index (χ0) is 14.5. The van der Waals surface area contributed by atoms with Gasteiger partial charge in [0.2, 0.25) is 0 Å². The van der Waals surface area contributed by atoms with Crippen molar-refractivity contribution in [1.29, 1.82) is 0 Å². The van der Waals surface area contributed by atoms with Crippen molar-refractivity contribution in [2.75, 3.05) is 18.0 Å². The van der Waals surface area contributed by atoms with Gasteiger partial charge in [0.15, 0.2) is 0 Å². The van der Waals surface area contributed by atoms with Crippen molar-refractivity contribution in [3.8, 4) is 0 Å². The first-order valence-corrected chi connectivity index (χ1v) is 7.84. The third kappa shape index (κ3) is 3.72. The minimum absolute atomic E-state index is 0.168. The van der Waals surface area contributed by atoms with Crippen LogP contribution in [0.3, 0.4) is 0 Å². The standard InChI is InChI=1S/C17H27FN2/c1-13-4-7-17(12-14(13)2)20(11-3-10-19)16-8-5-15(18)6-9-16/h5-6,8-9,13-14,17H,3-4,7,10-12,19H2,1-2H3. The maximum absolute atomic E-state index is 13.1. The van der Waals surface area contributed by atoms with Gasteiger partial charge < -0.3 is 10.6 Å². The van der Waals surface area contributed by atoms with Crippen LogP contribution in [0.15, 0.2) is 24.3 Å². The van der Waals surface area contributed by atoms with Crippen molar-refractivity contribution >= 4 is 5.69 Å². The van der Waals surface area contributed by atoms with Crippen LogP contribution < -0.4 is 10.6 Å². The van der Waals surface area contributed by atoms with Crippen LogP contribution in [0, 0.1) is 17.7 Å². The zero-order valence-corrected chi connectivity index (χ0v) is 12.7. The van der Waals surface area contributed by atoms with Gasteiger partial charge in [-0.3, -0.25) is 0 Å². The monoisotopic (exact) mass is 278 g/mol. The van der Waals surface area contributed by atoms with Gasteiger partial charge in [-0.15, -0.1) is 0 Å². The molecule has 0 aliphatic heterocycles. The highest BCUT2D eigenvalue weighted by atomic mass is 19.1. The molecule has 1 aliphatic rings. The Morgan fingerprint density at radius 2 is 1.85 bits per heavy atom. The van der Waals surface area contributed by atoms with Crippen LogP contribution in [-0.4, -0.2) is 19.1 Å². The van der Waals surface area contributed by atoms with Crippen LogP contribution >= 0.6 is 0 Å². The average molecular weight is 278 g/mol. The summed E-state index contributed by atoms with van der Waals surface area (Å²) in [4.78, 5) is 2.44. The Morgan fingerprint density at radius 3 is 2.45 bits per heavy atom. The highest BCUT2D eigenvalue weighted by molar-refractivity contribution is 5.47. The molecule has 0 heterocycles. The van der Waals surface area contributed by atoms with E-state index in [9.17, 15) is 4.39 Å². The SMILES string of the molecule is CC1CCC(N(CCCN)c2ccc(F)cc2)CC1C. The van der Waals surface area contributed by atoms with E-state index in [0.717, 1.165) is 30.5 Å². The highest BCUT2D eigenvalue weighted by Gasteiger charge is 2.28. The van der Waals surface area contributed by atoms with Crippen molar-refractivity contribution in [3.63, 3.8) is 0 Å². The van der Waals surface area contributed by atoms with E-state index in [1.54, 1.807) is 12.1 Å². The fraction of sp³-hybridized carbons (Fsp3) is 0.647. The summed E-state index contributed by atoms with van der Waals surface area (Å²) < 4.78 is 13.1. The molecule has 3 heteroatoms. The fourth-order valence-corrected chi connectivity index (χ4v) is 3.22. The first kappa shape index (κ1) is 15.3. The Kier molecular flexibility index (Phi) is 5.41. The largest absolute Gasteiger partial charge is 0.368 e. The molecule has 2 N–H and O–H groups in total. The van der Waals surface area contributed by atoms with Gasteiger partial charge in [0.25, 0.3) is 0 Å². The molecule has 0 saturated heterocycles.